The van der Waals surface area contributed by atoms with Gasteiger partial charge in [0.2, 0.25) is 5.95 Å². The van der Waals surface area contributed by atoms with E-state index in [1.165, 1.54) is 16.9 Å². The zero-order valence-corrected chi connectivity index (χ0v) is 20.6. The second kappa shape index (κ2) is 9.95. The van der Waals surface area contributed by atoms with Crippen LogP contribution in [-0.2, 0) is 24.1 Å². The van der Waals surface area contributed by atoms with E-state index in [1.807, 2.05) is 11.8 Å². The van der Waals surface area contributed by atoms with Gasteiger partial charge >= 0.3 is 12.1 Å². The summed E-state index contributed by atoms with van der Waals surface area (Å²) in [5.41, 5.74) is 0.369. The van der Waals surface area contributed by atoms with Crippen molar-refractivity contribution in [2.45, 2.75) is 45.5 Å². The number of carboxylic acid groups (broad SMARTS) is 1. The molecule has 5 rings (SSSR count). The number of H-pyrrole nitrogens is 1. The summed E-state index contributed by atoms with van der Waals surface area (Å²) < 4.78 is 42.2. The summed E-state index contributed by atoms with van der Waals surface area (Å²) in [5.74, 6) is -0.663. The largest absolute Gasteiger partial charge is 0.481 e. The van der Waals surface area contributed by atoms with Crippen LogP contribution in [0.4, 0.5) is 19.1 Å². The lowest BCUT2D eigenvalue weighted by atomic mass is 9.99. The van der Waals surface area contributed by atoms with Crippen LogP contribution in [0, 0.1) is 5.92 Å². The molecule has 1 fully saturated rings. The Morgan fingerprint density at radius 3 is 2.82 bits per heavy atom. The number of imidazole rings is 1. The number of nitrogens with zero attached hydrogens (tertiary/aromatic N) is 6. The minimum atomic E-state index is -4.43. The van der Waals surface area contributed by atoms with E-state index in [4.69, 9.17) is 0 Å². The topological polar surface area (TPSA) is 122 Å². The quantitative estimate of drug-likeness (QED) is 0.374. The fraction of sp³-hybridized carbons (Fsp3) is 0.400. The SMILES string of the molecule is CCCn1c(N2CCCC(C(=O)O)C2)nc2nc(-c3cnn(Cc4cccc(C(F)(F)F)c4)c3)[nH]c2c1=O. The molecule has 4 aromatic rings. The molecule has 0 spiro atoms. The number of aromatic amines is 1. The molecular formula is C25H26F3N7O3. The zero-order valence-electron chi connectivity index (χ0n) is 20.6. The van der Waals surface area contributed by atoms with Crippen LogP contribution in [0.5, 0.6) is 0 Å². The van der Waals surface area contributed by atoms with Crippen LogP contribution in [0.3, 0.4) is 0 Å². The number of carbonyl (C=O) groups is 1. The lowest BCUT2D eigenvalue weighted by molar-refractivity contribution is -0.142. The Hall–Kier alpha value is -4.16. The molecule has 1 aromatic carbocycles. The highest BCUT2D eigenvalue weighted by molar-refractivity contribution is 5.76. The van der Waals surface area contributed by atoms with Gasteiger partial charge in [-0.15, -0.1) is 0 Å². The predicted octanol–water partition coefficient (Wildman–Crippen LogP) is 3.76. The van der Waals surface area contributed by atoms with Crippen LogP contribution < -0.4 is 10.5 Å². The van der Waals surface area contributed by atoms with Crippen LogP contribution in [0.15, 0.2) is 41.5 Å². The molecule has 1 aliphatic rings. The van der Waals surface area contributed by atoms with Crippen molar-refractivity contribution in [1.82, 2.24) is 29.3 Å². The Labute approximate surface area is 214 Å². The third-order valence-electron chi connectivity index (χ3n) is 6.60. The maximum absolute atomic E-state index is 13.4. The van der Waals surface area contributed by atoms with Crippen LogP contribution in [0.1, 0.15) is 37.3 Å². The summed E-state index contributed by atoms with van der Waals surface area (Å²) in [4.78, 5) is 39.0. The van der Waals surface area contributed by atoms with Crippen LogP contribution in [0.25, 0.3) is 22.6 Å². The molecule has 0 saturated carbocycles. The number of nitrogens with one attached hydrogen (secondary N) is 1. The van der Waals surface area contributed by atoms with Gasteiger partial charge < -0.3 is 15.0 Å². The predicted molar refractivity (Wildman–Crippen MR) is 133 cm³/mol. The van der Waals surface area contributed by atoms with E-state index in [0.29, 0.717) is 55.3 Å². The molecule has 13 heteroatoms. The van der Waals surface area contributed by atoms with Gasteiger partial charge in [-0.1, -0.05) is 19.1 Å². The molecule has 0 bridgehead atoms. The summed E-state index contributed by atoms with van der Waals surface area (Å²) >= 11 is 0. The van der Waals surface area contributed by atoms with E-state index < -0.39 is 23.6 Å². The molecule has 1 aliphatic heterocycles. The van der Waals surface area contributed by atoms with E-state index in [0.717, 1.165) is 12.1 Å². The summed E-state index contributed by atoms with van der Waals surface area (Å²) in [6.45, 7) is 3.32. The number of anilines is 1. The number of aromatic nitrogens is 6. The van der Waals surface area contributed by atoms with Crippen LogP contribution in [0.2, 0.25) is 0 Å². The Morgan fingerprint density at radius 2 is 2.08 bits per heavy atom. The molecule has 1 unspecified atom stereocenters. The van der Waals surface area contributed by atoms with Crippen molar-refractivity contribution >= 4 is 23.1 Å². The van der Waals surface area contributed by atoms with E-state index in [1.54, 1.807) is 16.8 Å². The molecular weight excluding hydrogens is 503 g/mol. The molecule has 1 saturated heterocycles. The molecule has 0 aliphatic carbocycles. The first-order valence-corrected chi connectivity index (χ1v) is 12.3. The lowest BCUT2D eigenvalue weighted by Crippen LogP contribution is -2.42. The molecule has 1 atom stereocenters. The maximum Gasteiger partial charge on any atom is 0.416 e. The number of hydrogen-bond donors (Lipinski definition) is 2. The molecule has 0 radical (unpaired) electrons. The van der Waals surface area contributed by atoms with Crippen molar-refractivity contribution in [3.05, 3.63) is 58.1 Å². The van der Waals surface area contributed by atoms with Gasteiger partial charge in [-0.2, -0.15) is 23.3 Å². The molecule has 2 N–H and O–H groups in total. The van der Waals surface area contributed by atoms with Crippen molar-refractivity contribution in [2.75, 3.05) is 18.0 Å². The van der Waals surface area contributed by atoms with Crippen molar-refractivity contribution < 1.29 is 23.1 Å². The first kappa shape index (κ1) is 25.5. The van der Waals surface area contributed by atoms with Gasteiger partial charge in [-0.3, -0.25) is 18.8 Å². The minimum Gasteiger partial charge on any atom is -0.481 e. The van der Waals surface area contributed by atoms with E-state index in [2.05, 4.69) is 20.1 Å². The lowest BCUT2D eigenvalue weighted by Gasteiger charge is -2.32. The second-order valence-corrected chi connectivity index (χ2v) is 9.40. The normalized spacial score (nSPS) is 16.3. The third-order valence-corrected chi connectivity index (χ3v) is 6.60. The van der Waals surface area contributed by atoms with E-state index >= 15 is 0 Å². The van der Waals surface area contributed by atoms with Gasteiger partial charge in [0.1, 0.15) is 5.82 Å². The number of carboxylic acids is 1. The molecule has 4 heterocycles. The molecule has 3 aromatic heterocycles. The van der Waals surface area contributed by atoms with Crippen molar-refractivity contribution in [3.8, 4) is 11.4 Å². The van der Waals surface area contributed by atoms with Crippen molar-refractivity contribution in [3.63, 3.8) is 0 Å². The van der Waals surface area contributed by atoms with Crippen molar-refractivity contribution in [2.24, 2.45) is 5.92 Å². The Morgan fingerprint density at radius 1 is 1.26 bits per heavy atom. The maximum atomic E-state index is 13.4. The Balaban J connectivity index is 1.46. The number of halogens is 3. The highest BCUT2D eigenvalue weighted by Gasteiger charge is 2.31. The number of alkyl halides is 3. The summed E-state index contributed by atoms with van der Waals surface area (Å²) in [5, 5.41) is 13.7. The van der Waals surface area contributed by atoms with Gasteiger partial charge in [0.05, 0.1) is 29.8 Å². The standard InChI is InChI=1S/C25H26F3N7O3/c1-2-8-35-22(36)19-21(32-24(35)33-9-4-6-16(13-33)23(37)38)31-20(30-19)17-11-29-34(14-17)12-15-5-3-7-18(10-15)25(26,27)28/h3,5,7,10-11,14,16H,2,4,6,8-9,12-13H2,1H3,(H,30,31)(H,37,38). The van der Waals surface area contributed by atoms with Gasteiger partial charge in [0, 0.05) is 25.8 Å². The van der Waals surface area contributed by atoms with Gasteiger partial charge in [0.25, 0.3) is 5.56 Å². The molecule has 10 nitrogen and oxygen atoms in total. The zero-order chi connectivity index (χ0) is 27.0. The van der Waals surface area contributed by atoms with Gasteiger partial charge in [-0.25, -0.2) is 4.98 Å². The monoisotopic (exact) mass is 529 g/mol. The average Bonchev–Trinajstić information content (AvgIpc) is 3.53. The Bertz CT molecular complexity index is 1540. The van der Waals surface area contributed by atoms with Gasteiger partial charge in [-0.05, 0) is 37.0 Å². The third kappa shape index (κ3) is 5.00. The number of fused-ring (bicyclic) bond motifs is 1. The number of rotatable bonds is 7. The number of piperidine rings is 1. The second-order valence-electron chi connectivity index (χ2n) is 9.40. The average molecular weight is 530 g/mol. The fourth-order valence-electron chi connectivity index (χ4n) is 4.74. The highest BCUT2D eigenvalue weighted by Crippen LogP contribution is 2.30. The Kier molecular flexibility index (Phi) is 6.67. The van der Waals surface area contributed by atoms with E-state index in [-0.39, 0.29) is 29.8 Å². The molecule has 200 valence electrons. The summed E-state index contributed by atoms with van der Waals surface area (Å²) in [6.07, 6.45) is 0.639. The van der Waals surface area contributed by atoms with Crippen LogP contribution >= 0.6 is 0 Å². The number of benzene rings is 1. The number of hydrogen-bond acceptors (Lipinski definition) is 6. The van der Waals surface area contributed by atoms with Crippen LogP contribution in [-0.4, -0.2) is 53.5 Å². The van der Waals surface area contributed by atoms with Gasteiger partial charge in [0.15, 0.2) is 11.2 Å². The fourth-order valence-corrected chi connectivity index (χ4v) is 4.74. The smallest absolute Gasteiger partial charge is 0.416 e. The van der Waals surface area contributed by atoms with Crippen molar-refractivity contribution in [1.29, 1.82) is 0 Å². The minimum absolute atomic E-state index is 0.121. The molecule has 0 amide bonds. The number of aliphatic carboxylic acids is 1. The highest BCUT2D eigenvalue weighted by atomic mass is 19.4. The molecule has 38 heavy (non-hydrogen) atoms. The summed E-state index contributed by atoms with van der Waals surface area (Å²) in [6, 6.07) is 5.05. The first-order chi connectivity index (χ1) is 18.1. The van der Waals surface area contributed by atoms with E-state index in [9.17, 15) is 27.9 Å². The summed E-state index contributed by atoms with van der Waals surface area (Å²) in [7, 11) is 0. The first-order valence-electron chi connectivity index (χ1n) is 12.3.